The molecular weight excluding hydrogens is 266 g/mol. The van der Waals surface area contributed by atoms with Crippen LogP contribution in [0.2, 0.25) is 0 Å². The molecule has 1 aliphatic heterocycles. The number of sulfonamides is 1. The van der Waals surface area contributed by atoms with E-state index in [1.165, 1.54) is 0 Å². The average Bonchev–Trinajstić information content (AvgIpc) is 2.77. The maximum absolute atomic E-state index is 12.2. The van der Waals surface area contributed by atoms with Crippen LogP contribution in [-0.4, -0.2) is 45.8 Å². The highest BCUT2D eigenvalue weighted by atomic mass is 32.2. The van der Waals surface area contributed by atoms with Crippen molar-refractivity contribution in [1.82, 2.24) is 15.4 Å². The van der Waals surface area contributed by atoms with E-state index >= 15 is 0 Å². The Labute approximate surface area is 115 Å². The number of nitrogens with one attached hydrogen (secondary N) is 3. The molecule has 1 atom stereocenters. The Bertz CT molecular complexity index is 389. The van der Waals surface area contributed by atoms with E-state index in [-0.39, 0.29) is 5.91 Å². The molecule has 0 aromatic heterocycles. The van der Waals surface area contributed by atoms with Crippen LogP contribution in [0, 0.1) is 0 Å². The van der Waals surface area contributed by atoms with Gasteiger partial charge in [0.25, 0.3) is 0 Å². The van der Waals surface area contributed by atoms with Crippen molar-refractivity contribution >= 4 is 15.9 Å². The summed E-state index contributed by atoms with van der Waals surface area (Å²) in [6.45, 7) is 3.82. The van der Waals surface area contributed by atoms with Gasteiger partial charge in [-0.2, -0.15) is 0 Å². The molecule has 3 N–H and O–H groups in total. The van der Waals surface area contributed by atoms with Gasteiger partial charge in [0, 0.05) is 13.1 Å². The minimum atomic E-state index is -3.14. The molecule has 1 amide bonds. The zero-order valence-electron chi connectivity index (χ0n) is 11.8. The van der Waals surface area contributed by atoms with Gasteiger partial charge in [0.1, 0.15) is 0 Å². The quantitative estimate of drug-likeness (QED) is 0.548. The summed E-state index contributed by atoms with van der Waals surface area (Å²) in [4.78, 5) is 12.2. The van der Waals surface area contributed by atoms with Crippen molar-refractivity contribution in [3.05, 3.63) is 0 Å². The van der Waals surface area contributed by atoms with Crippen LogP contribution in [0.3, 0.4) is 0 Å². The number of rotatable bonds is 8. The lowest BCUT2D eigenvalue weighted by Crippen LogP contribution is -2.53. The molecule has 0 spiro atoms. The third kappa shape index (κ3) is 5.46. The van der Waals surface area contributed by atoms with Crippen molar-refractivity contribution in [2.24, 2.45) is 0 Å². The Balaban J connectivity index is 2.30. The number of hydrogen-bond donors (Lipinski definition) is 3. The van der Waals surface area contributed by atoms with Crippen LogP contribution in [0.4, 0.5) is 0 Å². The SMILES string of the molecule is CCCC1(C(=O)NCCCNS(C)(=O)=O)CCCN1. The van der Waals surface area contributed by atoms with E-state index in [1.807, 2.05) is 0 Å². The van der Waals surface area contributed by atoms with Crippen molar-refractivity contribution in [3.63, 3.8) is 0 Å². The van der Waals surface area contributed by atoms with Crippen LogP contribution in [0.15, 0.2) is 0 Å². The molecule has 1 unspecified atom stereocenters. The van der Waals surface area contributed by atoms with Crippen LogP contribution < -0.4 is 15.4 Å². The highest BCUT2D eigenvalue weighted by molar-refractivity contribution is 7.88. The van der Waals surface area contributed by atoms with E-state index < -0.39 is 15.6 Å². The maximum atomic E-state index is 12.2. The summed E-state index contributed by atoms with van der Waals surface area (Å²) in [5, 5.41) is 6.21. The van der Waals surface area contributed by atoms with Gasteiger partial charge in [0.2, 0.25) is 15.9 Å². The number of carbonyl (C=O) groups is 1. The molecule has 0 saturated carbocycles. The lowest BCUT2D eigenvalue weighted by Gasteiger charge is -2.27. The normalized spacial score (nSPS) is 23.5. The maximum Gasteiger partial charge on any atom is 0.240 e. The van der Waals surface area contributed by atoms with Crippen LogP contribution >= 0.6 is 0 Å². The van der Waals surface area contributed by atoms with E-state index in [0.717, 1.165) is 38.5 Å². The molecule has 0 aliphatic carbocycles. The van der Waals surface area contributed by atoms with Gasteiger partial charge >= 0.3 is 0 Å². The fourth-order valence-electron chi connectivity index (χ4n) is 2.47. The summed E-state index contributed by atoms with van der Waals surface area (Å²) in [6.07, 6.45) is 5.46. The van der Waals surface area contributed by atoms with Gasteiger partial charge in [0.05, 0.1) is 11.8 Å². The van der Waals surface area contributed by atoms with Crippen LogP contribution in [0.25, 0.3) is 0 Å². The van der Waals surface area contributed by atoms with E-state index in [9.17, 15) is 13.2 Å². The van der Waals surface area contributed by atoms with Crippen molar-refractivity contribution < 1.29 is 13.2 Å². The van der Waals surface area contributed by atoms with Gasteiger partial charge in [-0.25, -0.2) is 13.1 Å². The molecule has 1 aliphatic rings. The van der Waals surface area contributed by atoms with E-state index in [4.69, 9.17) is 0 Å². The third-order valence-corrected chi connectivity index (χ3v) is 4.09. The highest BCUT2D eigenvalue weighted by Crippen LogP contribution is 2.24. The summed E-state index contributed by atoms with van der Waals surface area (Å²) >= 11 is 0. The fourth-order valence-corrected chi connectivity index (χ4v) is 2.99. The van der Waals surface area contributed by atoms with E-state index in [1.54, 1.807) is 0 Å². The third-order valence-electron chi connectivity index (χ3n) is 3.36. The molecule has 0 aromatic carbocycles. The number of amides is 1. The first-order chi connectivity index (χ1) is 8.90. The fraction of sp³-hybridized carbons (Fsp3) is 0.917. The Morgan fingerprint density at radius 3 is 2.63 bits per heavy atom. The van der Waals surface area contributed by atoms with Gasteiger partial charge in [-0.3, -0.25) is 4.79 Å². The van der Waals surface area contributed by atoms with Crippen molar-refractivity contribution in [2.75, 3.05) is 25.9 Å². The zero-order chi connectivity index (χ0) is 14.4. The molecule has 0 aromatic rings. The Morgan fingerprint density at radius 2 is 2.11 bits per heavy atom. The second kappa shape index (κ2) is 7.21. The van der Waals surface area contributed by atoms with E-state index in [0.29, 0.717) is 19.5 Å². The van der Waals surface area contributed by atoms with Gasteiger partial charge in [-0.1, -0.05) is 13.3 Å². The largest absolute Gasteiger partial charge is 0.354 e. The van der Waals surface area contributed by atoms with Gasteiger partial charge in [0.15, 0.2) is 0 Å². The van der Waals surface area contributed by atoms with Crippen molar-refractivity contribution in [2.45, 2.75) is 44.6 Å². The molecule has 6 nitrogen and oxygen atoms in total. The second-order valence-corrected chi connectivity index (χ2v) is 6.97. The number of hydrogen-bond acceptors (Lipinski definition) is 4. The monoisotopic (exact) mass is 291 g/mol. The lowest BCUT2D eigenvalue weighted by atomic mass is 9.91. The predicted octanol–water partition coefficient (Wildman–Crippen LogP) is -0.0358. The topological polar surface area (TPSA) is 87.3 Å². The van der Waals surface area contributed by atoms with Crippen molar-refractivity contribution in [1.29, 1.82) is 0 Å². The lowest BCUT2D eigenvalue weighted by molar-refractivity contribution is -0.127. The Morgan fingerprint density at radius 1 is 1.37 bits per heavy atom. The molecule has 1 rings (SSSR count). The smallest absolute Gasteiger partial charge is 0.240 e. The van der Waals surface area contributed by atoms with Gasteiger partial charge in [-0.05, 0) is 32.2 Å². The molecule has 1 heterocycles. The van der Waals surface area contributed by atoms with Crippen LogP contribution in [0.1, 0.15) is 39.0 Å². The van der Waals surface area contributed by atoms with Crippen LogP contribution in [0.5, 0.6) is 0 Å². The minimum absolute atomic E-state index is 0.0474. The first-order valence-corrected chi connectivity index (χ1v) is 8.77. The number of carbonyl (C=O) groups excluding carboxylic acids is 1. The van der Waals surface area contributed by atoms with E-state index in [2.05, 4.69) is 22.3 Å². The molecule has 112 valence electrons. The Hall–Kier alpha value is -0.660. The second-order valence-electron chi connectivity index (χ2n) is 5.14. The summed E-state index contributed by atoms with van der Waals surface area (Å²) in [7, 11) is -3.14. The molecule has 7 heteroatoms. The summed E-state index contributed by atoms with van der Waals surface area (Å²) < 4.78 is 24.1. The first-order valence-electron chi connectivity index (χ1n) is 6.87. The molecule has 1 fully saturated rings. The zero-order valence-corrected chi connectivity index (χ0v) is 12.6. The molecule has 1 saturated heterocycles. The summed E-state index contributed by atoms with van der Waals surface area (Å²) in [6, 6.07) is 0. The van der Waals surface area contributed by atoms with Crippen molar-refractivity contribution in [3.8, 4) is 0 Å². The minimum Gasteiger partial charge on any atom is -0.354 e. The Kier molecular flexibility index (Phi) is 6.22. The van der Waals surface area contributed by atoms with Gasteiger partial charge in [-0.15, -0.1) is 0 Å². The highest BCUT2D eigenvalue weighted by Gasteiger charge is 2.39. The molecule has 0 bridgehead atoms. The average molecular weight is 291 g/mol. The van der Waals surface area contributed by atoms with Crippen LogP contribution in [-0.2, 0) is 14.8 Å². The summed E-state index contributed by atoms with van der Waals surface area (Å²) in [5.41, 5.74) is -0.404. The molecule has 0 radical (unpaired) electrons. The predicted molar refractivity (Wildman–Crippen MR) is 75.3 cm³/mol. The summed E-state index contributed by atoms with van der Waals surface area (Å²) in [5.74, 6) is 0.0474. The van der Waals surface area contributed by atoms with Gasteiger partial charge < -0.3 is 10.6 Å². The molecule has 19 heavy (non-hydrogen) atoms. The first kappa shape index (κ1) is 16.4. The standard InChI is InChI=1S/C12H25N3O3S/c1-3-6-12(7-4-9-14-12)11(16)13-8-5-10-15-19(2,17)18/h14-15H,3-10H2,1-2H3,(H,13,16). The molecular formula is C12H25N3O3S.